The molecule has 25 heavy (non-hydrogen) atoms. The van der Waals surface area contributed by atoms with Crippen LogP contribution >= 0.6 is 11.8 Å². The van der Waals surface area contributed by atoms with E-state index >= 15 is 0 Å². The molecule has 0 amide bonds. The minimum atomic E-state index is 0.103. The average Bonchev–Trinajstić information content (AvgIpc) is 2.61. The Hall–Kier alpha value is -3.07. The Morgan fingerprint density at radius 2 is 1.96 bits per heavy atom. The zero-order chi connectivity index (χ0) is 17.6. The number of aromatic nitrogens is 4. The van der Waals surface area contributed by atoms with Crippen LogP contribution in [0.3, 0.4) is 0 Å². The molecular weight excluding hydrogens is 340 g/mol. The molecule has 0 saturated heterocycles. The molecule has 3 aromatic rings. The van der Waals surface area contributed by atoms with Gasteiger partial charge in [0.05, 0.1) is 18.6 Å². The summed E-state index contributed by atoms with van der Waals surface area (Å²) in [5.74, 6) is 1.94. The van der Waals surface area contributed by atoms with Gasteiger partial charge in [-0.25, -0.2) is 0 Å². The molecule has 9 heteroatoms. The van der Waals surface area contributed by atoms with E-state index in [2.05, 4.69) is 20.3 Å². The molecule has 0 saturated carbocycles. The number of pyridine rings is 1. The van der Waals surface area contributed by atoms with Crippen LogP contribution in [-0.4, -0.2) is 22.1 Å². The number of ether oxygens (including phenoxy) is 1. The van der Waals surface area contributed by atoms with E-state index in [1.165, 1.54) is 18.0 Å². The van der Waals surface area contributed by atoms with Crippen LogP contribution in [0, 0.1) is 5.21 Å². The van der Waals surface area contributed by atoms with Crippen molar-refractivity contribution in [3.63, 3.8) is 0 Å². The maximum atomic E-state index is 11.7. The molecule has 0 atom stereocenters. The van der Waals surface area contributed by atoms with E-state index in [-0.39, 0.29) is 5.95 Å². The molecular formula is C16H16N6O2S. The maximum Gasteiger partial charge on any atom is 0.251 e. The molecule has 0 fully saturated rings. The van der Waals surface area contributed by atoms with Crippen LogP contribution in [0.1, 0.15) is 5.82 Å². The molecule has 3 N–H and O–H groups in total. The van der Waals surface area contributed by atoms with Gasteiger partial charge in [0.25, 0.3) is 5.03 Å². The molecule has 0 aliphatic rings. The lowest BCUT2D eigenvalue weighted by Gasteiger charge is -2.10. The number of nitrogens with one attached hydrogen (secondary N) is 1. The topological polar surface area (TPSA) is 113 Å². The lowest BCUT2D eigenvalue weighted by molar-refractivity contribution is -0.645. The number of para-hydroxylation sites is 2. The third-order valence-electron chi connectivity index (χ3n) is 3.19. The van der Waals surface area contributed by atoms with Gasteiger partial charge in [-0.15, -0.1) is 0 Å². The fraction of sp³-hybridized carbons (Fsp3) is 0.125. The summed E-state index contributed by atoms with van der Waals surface area (Å²) in [5, 5.41) is 15.3. The summed E-state index contributed by atoms with van der Waals surface area (Å²) in [7, 11) is 1.59. The highest BCUT2D eigenvalue weighted by molar-refractivity contribution is 7.98. The number of thioether (sulfide) groups is 1. The first-order valence-electron chi connectivity index (χ1n) is 7.37. The van der Waals surface area contributed by atoms with Crippen molar-refractivity contribution in [2.45, 2.75) is 10.8 Å². The molecule has 0 aliphatic carbocycles. The highest BCUT2D eigenvalue weighted by atomic mass is 32.2. The maximum absolute atomic E-state index is 11.7. The molecule has 0 spiro atoms. The second-order valence-corrected chi connectivity index (χ2v) is 5.91. The van der Waals surface area contributed by atoms with Crippen molar-refractivity contribution >= 4 is 29.3 Å². The van der Waals surface area contributed by atoms with E-state index < -0.39 is 0 Å². The number of hydrogen-bond donors (Lipinski definition) is 2. The van der Waals surface area contributed by atoms with E-state index in [0.29, 0.717) is 28.3 Å². The van der Waals surface area contributed by atoms with Gasteiger partial charge in [-0.05, 0) is 30.0 Å². The molecule has 0 radical (unpaired) electrons. The van der Waals surface area contributed by atoms with Gasteiger partial charge >= 0.3 is 0 Å². The minimum absolute atomic E-state index is 0.103. The van der Waals surface area contributed by atoms with Crippen LogP contribution in [-0.2, 0) is 5.75 Å². The fourth-order valence-corrected chi connectivity index (χ4v) is 2.86. The first-order valence-corrected chi connectivity index (χ1v) is 8.36. The Morgan fingerprint density at radius 1 is 1.16 bits per heavy atom. The lowest BCUT2D eigenvalue weighted by Crippen LogP contribution is -2.27. The molecule has 0 unspecified atom stereocenters. The van der Waals surface area contributed by atoms with Crippen molar-refractivity contribution in [3.8, 4) is 5.75 Å². The molecule has 2 aromatic heterocycles. The van der Waals surface area contributed by atoms with E-state index in [0.717, 1.165) is 10.4 Å². The number of nitrogens with zero attached hydrogens (tertiary/aromatic N) is 4. The summed E-state index contributed by atoms with van der Waals surface area (Å²) in [6.07, 6.45) is 1.44. The molecule has 2 heterocycles. The molecule has 8 nitrogen and oxygen atoms in total. The second kappa shape index (κ2) is 7.67. The smallest absolute Gasteiger partial charge is 0.251 e. The molecule has 1 aromatic carbocycles. The van der Waals surface area contributed by atoms with Gasteiger partial charge in [0.15, 0.2) is 6.20 Å². The van der Waals surface area contributed by atoms with Crippen molar-refractivity contribution in [1.82, 2.24) is 15.0 Å². The number of hydrogen-bond acceptors (Lipinski definition) is 8. The van der Waals surface area contributed by atoms with E-state index in [1.807, 2.05) is 24.3 Å². The summed E-state index contributed by atoms with van der Waals surface area (Å²) >= 11 is 1.32. The quantitative estimate of drug-likeness (QED) is 0.392. The summed E-state index contributed by atoms with van der Waals surface area (Å²) in [4.78, 5) is 12.6. The van der Waals surface area contributed by atoms with Crippen molar-refractivity contribution < 1.29 is 9.47 Å². The third-order valence-corrected chi connectivity index (χ3v) is 4.20. The van der Waals surface area contributed by atoms with Gasteiger partial charge in [0.2, 0.25) is 11.9 Å². The number of benzene rings is 1. The van der Waals surface area contributed by atoms with E-state index in [9.17, 15) is 5.21 Å². The zero-order valence-corrected chi connectivity index (χ0v) is 14.2. The molecule has 0 aliphatic heterocycles. The summed E-state index contributed by atoms with van der Waals surface area (Å²) in [6, 6.07) is 12.6. The first kappa shape index (κ1) is 16.8. The van der Waals surface area contributed by atoms with Crippen LogP contribution in [0.4, 0.5) is 17.6 Å². The van der Waals surface area contributed by atoms with Crippen LogP contribution in [0.25, 0.3) is 0 Å². The van der Waals surface area contributed by atoms with Gasteiger partial charge in [-0.2, -0.15) is 19.7 Å². The summed E-state index contributed by atoms with van der Waals surface area (Å²) < 4.78 is 6.08. The number of nitrogen functional groups attached to an aromatic ring is 1. The van der Waals surface area contributed by atoms with Crippen LogP contribution < -0.4 is 20.5 Å². The number of nitrogens with two attached hydrogens (primary N) is 1. The third kappa shape index (κ3) is 4.27. The summed E-state index contributed by atoms with van der Waals surface area (Å²) in [5.41, 5.74) is 6.49. The highest BCUT2D eigenvalue weighted by Crippen LogP contribution is 2.26. The predicted molar refractivity (Wildman–Crippen MR) is 95.5 cm³/mol. The Bertz CT molecular complexity index is 877. The van der Waals surface area contributed by atoms with Crippen molar-refractivity contribution in [2.75, 3.05) is 18.2 Å². The Kier molecular flexibility index (Phi) is 5.14. The first-order chi connectivity index (χ1) is 12.2. The Balaban J connectivity index is 1.77. The van der Waals surface area contributed by atoms with E-state index in [4.69, 9.17) is 10.5 Å². The van der Waals surface area contributed by atoms with E-state index in [1.54, 1.807) is 25.3 Å². The highest BCUT2D eigenvalue weighted by Gasteiger charge is 2.11. The molecule has 0 bridgehead atoms. The monoisotopic (exact) mass is 356 g/mol. The van der Waals surface area contributed by atoms with Gasteiger partial charge in [0.1, 0.15) is 11.6 Å². The van der Waals surface area contributed by atoms with Crippen LogP contribution in [0.2, 0.25) is 0 Å². The SMILES string of the molecule is COc1ccccc1Nc1nc(N)nc(CSc2cccc[n+]2[O-])n1. The predicted octanol–water partition coefficient (Wildman–Crippen LogP) is 2.13. The molecule has 3 rings (SSSR count). The van der Waals surface area contributed by atoms with Crippen molar-refractivity contribution in [2.24, 2.45) is 0 Å². The second-order valence-electron chi connectivity index (χ2n) is 4.91. The largest absolute Gasteiger partial charge is 0.618 e. The van der Waals surface area contributed by atoms with Crippen molar-refractivity contribution in [3.05, 3.63) is 59.7 Å². The fourth-order valence-electron chi connectivity index (χ4n) is 2.09. The van der Waals surface area contributed by atoms with Crippen molar-refractivity contribution in [1.29, 1.82) is 0 Å². The van der Waals surface area contributed by atoms with Gasteiger partial charge in [-0.3, -0.25) is 0 Å². The number of rotatable bonds is 6. The van der Waals surface area contributed by atoms with Crippen LogP contribution in [0.15, 0.2) is 53.7 Å². The standard InChI is InChI=1S/C16H16N6O2S/c1-24-12-7-3-2-6-11(12)18-16-20-13(19-15(17)21-16)10-25-14-8-4-5-9-22(14)23/h2-9H,10H2,1H3,(H3,17,18,19,20,21). The van der Waals surface area contributed by atoms with Gasteiger partial charge in [0, 0.05) is 12.1 Å². The number of anilines is 3. The lowest BCUT2D eigenvalue weighted by atomic mass is 10.3. The van der Waals surface area contributed by atoms with Crippen LogP contribution in [0.5, 0.6) is 5.75 Å². The Morgan fingerprint density at radius 3 is 2.76 bits per heavy atom. The molecule has 128 valence electrons. The zero-order valence-electron chi connectivity index (χ0n) is 13.4. The number of methoxy groups -OCH3 is 1. The normalized spacial score (nSPS) is 10.4. The average molecular weight is 356 g/mol. The summed E-state index contributed by atoms with van der Waals surface area (Å²) in [6.45, 7) is 0. The minimum Gasteiger partial charge on any atom is -0.618 e. The van der Waals surface area contributed by atoms with Gasteiger partial charge in [-0.1, -0.05) is 12.1 Å². The van der Waals surface area contributed by atoms with Gasteiger partial charge < -0.3 is 21.0 Å². The Labute approximate surface area is 148 Å².